The summed E-state index contributed by atoms with van der Waals surface area (Å²) >= 11 is 3.68. The SMILES string of the molecule is CCCNCc1ccc(N2CCC(OC)C2)cc1Br. The Bertz CT molecular complexity index is 411. The number of hydrogen-bond donors (Lipinski definition) is 1. The van der Waals surface area contributed by atoms with Crippen LogP contribution in [0.5, 0.6) is 0 Å². The van der Waals surface area contributed by atoms with Crippen LogP contribution in [0.3, 0.4) is 0 Å². The summed E-state index contributed by atoms with van der Waals surface area (Å²) in [5, 5.41) is 3.43. The molecule has 4 heteroatoms. The molecular formula is C15H23BrN2O. The van der Waals surface area contributed by atoms with E-state index in [1.807, 2.05) is 0 Å². The van der Waals surface area contributed by atoms with Crippen molar-refractivity contribution >= 4 is 21.6 Å². The van der Waals surface area contributed by atoms with Crippen LogP contribution in [-0.4, -0.2) is 32.8 Å². The molecule has 1 aliphatic heterocycles. The average Bonchev–Trinajstić information content (AvgIpc) is 2.89. The third-order valence-electron chi connectivity index (χ3n) is 3.62. The number of hydrogen-bond acceptors (Lipinski definition) is 3. The van der Waals surface area contributed by atoms with Gasteiger partial charge in [-0.1, -0.05) is 28.9 Å². The van der Waals surface area contributed by atoms with Gasteiger partial charge in [-0.25, -0.2) is 0 Å². The van der Waals surface area contributed by atoms with Gasteiger partial charge < -0.3 is 15.0 Å². The van der Waals surface area contributed by atoms with Crippen molar-refractivity contribution < 1.29 is 4.74 Å². The molecule has 1 heterocycles. The third kappa shape index (κ3) is 3.94. The summed E-state index contributed by atoms with van der Waals surface area (Å²) in [6.07, 6.45) is 2.67. The highest BCUT2D eigenvalue weighted by molar-refractivity contribution is 9.10. The Morgan fingerprint density at radius 2 is 2.32 bits per heavy atom. The van der Waals surface area contributed by atoms with Crippen molar-refractivity contribution in [3.8, 4) is 0 Å². The summed E-state index contributed by atoms with van der Waals surface area (Å²) in [4.78, 5) is 2.39. The summed E-state index contributed by atoms with van der Waals surface area (Å²) in [7, 11) is 1.80. The monoisotopic (exact) mass is 326 g/mol. The van der Waals surface area contributed by atoms with Crippen molar-refractivity contribution in [3.63, 3.8) is 0 Å². The zero-order chi connectivity index (χ0) is 13.7. The molecule has 1 fully saturated rings. The van der Waals surface area contributed by atoms with Crippen molar-refractivity contribution in [2.75, 3.05) is 31.6 Å². The van der Waals surface area contributed by atoms with Crippen LogP contribution in [0, 0.1) is 0 Å². The van der Waals surface area contributed by atoms with Crippen LogP contribution in [0.4, 0.5) is 5.69 Å². The van der Waals surface area contributed by atoms with Gasteiger partial charge in [0, 0.05) is 36.9 Å². The number of nitrogens with one attached hydrogen (secondary N) is 1. The van der Waals surface area contributed by atoms with E-state index in [1.165, 1.54) is 22.1 Å². The van der Waals surface area contributed by atoms with Crippen LogP contribution < -0.4 is 10.2 Å². The van der Waals surface area contributed by atoms with Crippen molar-refractivity contribution in [3.05, 3.63) is 28.2 Å². The standard InChI is InChI=1S/C15H23BrN2O/c1-3-7-17-10-12-4-5-13(9-15(12)16)18-8-6-14(11-18)19-2/h4-5,9,14,17H,3,6-8,10-11H2,1-2H3. The zero-order valence-corrected chi connectivity index (χ0v) is 13.4. The number of nitrogens with zero attached hydrogens (tertiary/aromatic N) is 1. The molecule has 0 amide bonds. The Labute approximate surface area is 124 Å². The largest absolute Gasteiger partial charge is 0.380 e. The first-order chi connectivity index (χ1) is 9.24. The topological polar surface area (TPSA) is 24.5 Å². The second-order valence-electron chi connectivity index (χ2n) is 5.04. The fraction of sp³-hybridized carbons (Fsp3) is 0.600. The van der Waals surface area contributed by atoms with Gasteiger partial charge in [-0.15, -0.1) is 0 Å². The molecule has 1 unspecified atom stereocenters. The molecule has 2 rings (SSSR count). The average molecular weight is 327 g/mol. The first-order valence-corrected chi connectivity index (χ1v) is 7.80. The lowest BCUT2D eigenvalue weighted by Crippen LogP contribution is -2.22. The molecule has 0 aliphatic carbocycles. The number of rotatable bonds is 6. The molecule has 1 aromatic carbocycles. The number of anilines is 1. The molecule has 3 nitrogen and oxygen atoms in total. The van der Waals surface area contributed by atoms with Gasteiger partial charge in [0.25, 0.3) is 0 Å². The Hall–Kier alpha value is -0.580. The minimum absolute atomic E-state index is 0.379. The van der Waals surface area contributed by atoms with E-state index in [0.29, 0.717) is 6.10 Å². The van der Waals surface area contributed by atoms with Gasteiger partial charge in [-0.05, 0) is 37.1 Å². The molecule has 19 heavy (non-hydrogen) atoms. The molecule has 1 saturated heterocycles. The molecule has 1 N–H and O–H groups in total. The van der Waals surface area contributed by atoms with Gasteiger partial charge in [0.1, 0.15) is 0 Å². The van der Waals surface area contributed by atoms with Crippen LogP contribution in [-0.2, 0) is 11.3 Å². The van der Waals surface area contributed by atoms with E-state index in [2.05, 4.69) is 51.3 Å². The molecule has 0 radical (unpaired) electrons. The molecule has 0 aromatic heterocycles. The maximum Gasteiger partial charge on any atom is 0.0762 e. The lowest BCUT2D eigenvalue weighted by atomic mass is 10.2. The van der Waals surface area contributed by atoms with Gasteiger partial charge in [0.2, 0.25) is 0 Å². The molecule has 106 valence electrons. The van der Waals surface area contributed by atoms with Crippen LogP contribution in [0.2, 0.25) is 0 Å². The van der Waals surface area contributed by atoms with Crippen molar-refractivity contribution in [1.82, 2.24) is 5.32 Å². The molecule has 1 aromatic rings. The molecule has 1 atom stereocenters. The first-order valence-electron chi connectivity index (χ1n) is 7.01. The van der Waals surface area contributed by atoms with Gasteiger partial charge in [-0.2, -0.15) is 0 Å². The highest BCUT2D eigenvalue weighted by Crippen LogP contribution is 2.27. The Balaban J connectivity index is 1.98. The molecule has 0 bridgehead atoms. The van der Waals surface area contributed by atoms with Crippen molar-refractivity contribution in [2.24, 2.45) is 0 Å². The number of halogens is 1. The fourth-order valence-corrected chi connectivity index (χ4v) is 2.94. The lowest BCUT2D eigenvalue weighted by Gasteiger charge is -2.19. The normalized spacial score (nSPS) is 19.1. The third-order valence-corrected chi connectivity index (χ3v) is 4.36. The van der Waals surface area contributed by atoms with E-state index in [-0.39, 0.29) is 0 Å². The summed E-state index contributed by atoms with van der Waals surface area (Å²) in [6, 6.07) is 6.65. The van der Waals surface area contributed by atoms with Gasteiger partial charge in [0.15, 0.2) is 0 Å². The quantitative estimate of drug-likeness (QED) is 0.812. The fourth-order valence-electron chi connectivity index (χ4n) is 2.43. The van der Waals surface area contributed by atoms with E-state index in [9.17, 15) is 0 Å². The van der Waals surface area contributed by atoms with Gasteiger partial charge in [-0.3, -0.25) is 0 Å². The van der Waals surface area contributed by atoms with Gasteiger partial charge >= 0.3 is 0 Å². The smallest absolute Gasteiger partial charge is 0.0762 e. The Kier molecular flexibility index (Phi) is 5.67. The summed E-state index contributed by atoms with van der Waals surface area (Å²) < 4.78 is 6.61. The Morgan fingerprint density at radius 1 is 1.47 bits per heavy atom. The Morgan fingerprint density at radius 3 is 2.95 bits per heavy atom. The van der Waals surface area contributed by atoms with E-state index in [1.54, 1.807) is 7.11 Å². The van der Waals surface area contributed by atoms with Crippen molar-refractivity contribution in [2.45, 2.75) is 32.4 Å². The van der Waals surface area contributed by atoms with Crippen LogP contribution in [0.25, 0.3) is 0 Å². The van der Waals surface area contributed by atoms with Crippen LogP contribution in [0.1, 0.15) is 25.3 Å². The number of methoxy groups -OCH3 is 1. The zero-order valence-electron chi connectivity index (χ0n) is 11.8. The summed E-state index contributed by atoms with van der Waals surface area (Å²) in [6.45, 7) is 6.25. The summed E-state index contributed by atoms with van der Waals surface area (Å²) in [5.41, 5.74) is 2.60. The number of benzene rings is 1. The maximum absolute atomic E-state index is 5.42. The molecule has 0 saturated carbocycles. The number of ether oxygens (including phenoxy) is 1. The lowest BCUT2D eigenvalue weighted by molar-refractivity contribution is 0.121. The highest BCUT2D eigenvalue weighted by Gasteiger charge is 2.22. The van der Waals surface area contributed by atoms with Crippen LogP contribution in [0.15, 0.2) is 22.7 Å². The van der Waals surface area contributed by atoms with Crippen LogP contribution >= 0.6 is 15.9 Å². The second-order valence-corrected chi connectivity index (χ2v) is 5.90. The molecular weight excluding hydrogens is 304 g/mol. The second kappa shape index (κ2) is 7.27. The minimum atomic E-state index is 0.379. The minimum Gasteiger partial charge on any atom is -0.380 e. The maximum atomic E-state index is 5.42. The van der Waals surface area contributed by atoms with E-state index in [4.69, 9.17) is 4.74 Å². The summed E-state index contributed by atoms with van der Waals surface area (Å²) in [5.74, 6) is 0. The van der Waals surface area contributed by atoms with E-state index >= 15 is 0 Å². The van der Waals surface area contributed by atoms with Crippen molar-refractivity contribution in [1.29, 1.82) is 0 Å². The predicted octanol–water partition coefficient (Wildman–Crippen LogP) is 3.17. The predicted molar refractivity (Wildman–Crippen MR) is 83.8 cm³/mol. The highest BCUT2D eigenvalue weighted by atomic mass is 79.9. The first kappa shape index (κ1) is 14.8. The van der Waals surface area contributed by atoms with E-state index in [0.717, 1.165) is 32.6 Å². The molecule has 0 spiro atoms. The molecule has 1 aliphatic rings. The van der Waals surface area contributed by atoms with Gasteiger partial charge in [0.05, 0.1) is 6.10 Å². The van der Waals surface area contributed by atoms with E-state index < -0.39 is 0 Å².